The second-order valence-corrected chi connectivity index (χ2v) is 6.11. The van der Waals surface area contributed by atoms with Crippen LogP contribution >= 0.6 is 0 Å². The fourth-order valence-corrected chi connectivity index (χ4v) is 2.79. The second kappa shape index (κ2) is 11.1. The average Bonchev–Trinajstić information content (AvgIpc) is 2.72. The van der Waals surface area contributed by atoms with Crippen molar-refractivity contribution in [3.05, 3.63) is 47.5 Å². The molecule has 28 heavy (non-hydrogen) atoms. The van der Waals surface area contributed by atoms with E-state index in [1.807, 2.05) is 50.2 Å². The van der Waals surface area contributed by atoms with Gasteiger partial charge in [-0.1, -0.05) is 12.1 Å². The minimum atomic E-state index is -0.0124. The lowest BCUT2D eigenvalue weighted by atomic mass is 10.1. The van der Waals surface area contributed by atoms with Crippen molar-refractivity contribution >= 4 is 5.91 Å². The molecule has 6 heteroatoms. The fourth-order valence-electron chi connectivity index (χ4n) is 2.79. The zero-order chi connectivity index (χ0) is 20.4. The van der Waals surface area contributed by atoms with Crippen LogP contribution in [0.5, 0.6) is 23.0 Å². The molecule has 0 atom stereocenters. The van der Waals surface area contributed by atoms with E-state index in [9.17, 15) is 4.79 Å². The summed E-state index contributed by atoms with van der Waals surface area (Å²) in [5, 5.41) is 2.95. The van der Waals surface area contributed by atoms with Crippen molar-refractivity contribution in [2.24, 2.45) is 0 Å². The van der Waals surface area contributed by atoms with Crippen LogP contribution in [0.15, 0.2) is 36.4 Å². The minimum Gasteiger partial charge on any atom is -0.493 e. The fraction of sp³-hybridized carbons (Fsp3) is 0.409. The van der Waals surface area contributed by atoms with Crippen molar-refractivity contribution in [3.63, 3.8) is 0 Å². The Morgan fingerprint density at radius 3 is 2.11 bits per heavy atom. The van der Waals surface area contributed by atoms with Crippen LogP contribution in [-0.4, -0.2) is 33.3 Å². The van der Waals surface area contributed by atoms with E-state index in [4.69, 9.17) is 18.9 Å². The number of carbonyl (C=O) groups is 1. The van der Waals surface area contributed by atoms with Gasteiger partial charge in [-0.2, -0.15) is 0 Å². The largest absolute Gasteiger partial charge is 0.493 e. The lowest BCUT2D eigenvalue weighted by molar-refractivity contribution is -0.121. The standard InChI is InChI=1S/C22H29NO5/c1-5-27-19-11-8-17(14-21(19)28-6-2)15-23-22(24)12-9-16-7-10-18(25-3)20(13-16)26-4/h7-8,10-11,13-14H,5-6,9,12,15H2,1-4H3,(H,23,24). The summed E-state index contributed by atoms with van der Waals surface area (Å²) in [7, 11) is 3.20. The Kier molecular flexibility index (Phi) is 8.46. The quantitative estimate of drug-likeness (QED) is 0.636. The van der Waals surface area contributed by atoms with E-state index < -0.39 is 0 Å². The highest BCUT2D eigenvalue weighted by molar-refractivity contribution is 5.76. The van der Waals surface area contributed by atoms with Crippen LogP contribution in [0, 0.1) is 0 Å². The van der Waals surface area contributed by atoms with Gasteiger partial charge in [0.2, 0.25) is 5.91 Å². The highest BCUT2D eigenvalue weighted by atomic mass is 16.5. The summed E-state index contributed by atoms with van der Waals surface area (Å²) in [6, 6.07) is 11.4. The lowest BCUT2D eigenvalue weighted by Crippen LogP contribution is -2.23. The van der Waals surface area contributed by atoms with Crippen molar-refractivity contribution in [3.8, 4) is 23.0 Å². The highest BCUT2D eigenvalue weighted by Gasteiger charge is 2.09. The van der Waals surface area contributed by atoms with Crippen LogP contribution in [-0.2, 0) is 17.8 Å². The van der Waals surface area contributed by atoms with Gasteiger partial charge >= 0.3 is 0 Å². The number of rotatable bonds is 11. The molecule has 0 fully saturated rings. The second-order valence-electron chi connectivity index (χ2n) is 6.11. The molecule has 0 aliphatic carbocycles. The third kappa shape index (κ3) is 6.08. The van der Waals surface area contributed by atoms with Gasteiger partial charge in [0, 0.05) is 13.0 Å². The van der Waals surface area contributed by atoms with Gasteiger partial charge < -0.3 is 24.3 Å². The first-order valence-corrected chi connectivity index (χ1v) is 9.47. The van der Waals surface area contributed by atoms with E-state index in [1.165, 1.54) is 0 Å². The zero-order valence-corrected chi connectivity index (χ0v) is 17.0. The third-order valence-electron chi connectivity index (χ3n) is 4.19. The summed E-state index contributed by atoms with van der Waals surface area (Å²) in [5.41, 5.74) is 1.99. The number of hydrogen-bond acceptors (Lipinski definition) is 5. The molecule has 0 unspecified atom stereocenters. The Balaban J connectivity index is 1.89. The van der Waals surface area contributed by atoms with Gasteiger partial charge in [0.1, 0.15) is 0 Å². The third-order valence-corrected chi connectivity index (χ3v) is 4.19. The Hall–Kier alpha value is -2.89. The summed E-state index contributed by atoms with van der Waals surface area (Å²) in [4.78, 5) is 12.2. The van der Waals surface area contributed by atoms with Gasteiger partial charge in [-0.15, -0.1) is 0 Å². The number of nitrogens with one attached hydrogen (secondary N) is 1. The summed E-state index contributed by atoms with van der Waals surface area (Å²) in [6.45, 7) is 5.44. The molecule has 0 spiro atoms. The minimum absolute atomic E-state index is 0.0124. The molecular formula is C22H29NO5. The molecule has 152 valence electrons. The van der Waals surface area contributed by atoms with Crippen LogP contribution in [0.4, 0.5) is 0 Å². The Bertz CT molecular complexity index is 776. The Morgan fingerprint density at radius 2 is 1.43 bits per heavy atom. The number of hydrogen-bond donors (Lipinski definition) is 1. The smallest absolute Gasteiger partial charge is 0.220 e. The molecule has 1 N–H and O–H groups in total. The van der Waals surface area contributed by atoms with Gasteiger partial charge in [-0.3, -0.25) is 4.79 Å². The van der Waals surface area contributed by atoms with Gasteiger partial charge in [-0.25, -0.2) is 0 Å². The van der Waals surface area contributed by atoms with E-state index in [-0.39, 0.29) is 5.91 Å². The lowest BCUT2D eigenvalue weighted by Gasteiger charge is -2.13. The maximum atomic E-state index is 12.2. The summed E-state index contributed by atoms with van der Waals surface area (Å²) < 4.78 is 21.7. The van der Waals surface area contributed by atoms with Crippen LogP contribution in [0.2, 0.25) is 0 Å². The normalized spacial score (nSPS) is 10.3. The van der Waals surface area contributed by atoms with E-state index in [0.29, 0.717) is 55.6 Å². The summed E-state index contributed by atoms with van der Waals surface area (Å²) in [5.74, 6) is 2.74. The average molecular weight is 387 g/mol. The molecule has 2 rings (SSSR count). The van der Waals surface area contributed by atoms with E-state index in [0.717, 1.165) is 11.1 Å². The molecule has 6 nitrogen and oxygen atoms in total. The maximum absolute atomic E-state index is 12.2. The molecule has 0 saturated heterocycles. The Labute approximate surface area is 166 Å². The number of aryl methyl sites for hydroxylation is 1. The molecule has 0 bridgehead atoms. The van der Waals surface area contributed by atoms with Crippen molar-refractivity contribution in [1.29, 1.82) is 0 Å². The predicted octanol–water partition coefficient (Wildman–Crippen LogP) is 3.75. The topological polar surface area (TPSA) is 66.0 Å². The zero-order valence-electron chi connectivity index (χ0n) is 17.0. The van der Waals surface area contributed by atoms with Crippen molar-refractivity contribution < 1.29 is 23.7 Å². The van der Waals surface area contributed by atoms with Crippen molar-refractivity contribution in [1.82, 2.24) is 5.32 Å². The number of benzene rings is 2. The molecule has 0 heterocycles. The molecule has 1 amide bonds. The van der Waals surface area contributed by atoms with Gasteiger partial charge in [-0.05, 0) is 55.7 Å². The van der Waals surface area contributed by atoms with Crippen LogP contribution < -0.4 is 24.3 Å². The first-order chi connectivity index (χ1) is 13.6. The van der Waals surface area contributed by atoms with E-state index in [2.05, 4.69) is 5.32 Å². The molecular weight excluding hydrogens is 358 g/mol. The molecule has 2 aromatic rings. The number of carbonyl (C=O) groups excluding carboxylic acids is 1. The van der Waals surface area contributed by atoms with E-state index >= 15 is 0 Å². The number of methoxy groups -OCH3 is 2. The molecule has 0 aliphatic rings. The van der Waals surface area contributed by atoms with E-state index in [1.54, 1.807) is 14.2 Å². The number of ether oxygens (including phenoxy) is 4. The Morgan fingerprint density at radius 1 is 0.821 bits per heavy atom. The molecule has 0 aromatic heterocycles. The van der Waals surface area contributed by atoms with Gasteiger partial charge in [0.25, 0.3) is 0 Å². The first-order valence-electron chi connectivity index (χ1n) is 9.47. The van der Waals surface area contributed by atoms with Crippen molar-refractivity contribution in [2.45, 2.75) is 33.2 Å². The SMILES string of the molecule is CCOc1ccc(CNC(=O)CCc2ccc(OC)c(OC)c2)cc1OCC. The van der Waals surface area contributed by atoms with Crippen LogP contribution in [0.3, 0.4) is 0 Å². The van der Waals surface area contributed by atoms with Gasteiger partial charge in [0.05, 0.1) is 27.4 Å². The molecule has 2 aromatic carbocycles. The molecule has 0 aliphatic heterocycles. The summed E-state index contributed by atoms with van der Waals surface area (Å²) in [6.07, 6.45) is 1.02. The van der Waals surface area contributed by atoms with Crippen LogP contribution in [0.1, 0.15) is 31.4 Å². The highest BCUT2D eigenvalue weighted by Crippen LogP contribution is 2.29. The summed E-state index contributed by atoms with van der Waals surface area (Å²) >= 11 is 0. The first kappa shape index (κ1) is 21.4. The van der Waals surface area contributed by atoms with Gasteiger partial charge in [0.15, 0.2) is 23.0 Å². The molecule has 0 saturated carbocycles. The van der Waals surface area contributed by atoms with Crippen molar-refractivity contribution in [2.75, 3.05) is 27.4 Å². The van der Waals surface area contributed by atoms with Crippen LogP contribution in [0.25, 0.3) is 0 Å². The predicted molar refractivity (Wildman–Crippen MR) is 108 cm³/mol. The monoisotopic (exact) mass is 387 g/mol. The maximum Gasteiger partial charge on any atom is 0.220 e. The molecule has 0 radical (unpaired) electrons. The number of amides is 1.